The molecular formula is C10H9F5N2O3. The molecule has 0 atom stereocenters. The number of aromatic nitrogens is 1. The molecule has 0 fully saturated rings. The van der Waals surface area contributed by atoms with E-state index in [0.29, 0.717) is 6.07 Å². The molecule has 0 saturated heterocycles. The van der Waals surface area contributed by atoms with Gasteiger partial charge in [-0.05, 0) is 0 Å². The fraction of sp³-hybridized carbons (Fsp3) is 0.400. The van der Waals surface area contributed by atoms with Gasteiger partial charge in [-0.25, -0.2) is 18.6 Å². The fourth-order valence-corrected chi connectivity index (χ4v) is 1.36. The number of rotatable bonds is 4. The Balaban J connectivity index is 3.46. The van der Waals surface area contributed by atoms with Gasteiger partial charge in [0.1, 0.15) is 11.4 Å². The van der Waals surface area contributed by atoms with E-state index in [4.69, 9.17) is 5.73 Å². The van der Waals surface area contributed by atoms with Crippen LogP contribution in [-0.2, 0) is 11.3 Å². The van der Waals surface area contributed by atoms with Crippen LogP contribution in [0.15, 0.2) is 6.07 Å². The summed E-state index contributed by atoms with van der Waals surface area (Å²) in [4.78, 5) is 14.6. The second-order valence-corrected chi connectivity index (χ2v) is 3.42. The minimum atomic E-state index is -5.13. The number of nitrogens with two attached hydrogens (primary N) is 1. The van der Waals surface area contributed by atoms with Crippen LogP contribution in [0.25, 0.3) is 0 Å². The fourth-order valence-electron chi connectivity index (χ4n) is 1.36. The maximum Gasteiger partial charge on any atom is 0.573 e. The van der Waals surface area contributed by atoms with Crippen LogP contribution >= 0.6 is 0 Å². The number of ether oxygens (including phenoxy) is 2. The van der Waals surface area contributed by atoms with Crippen molar-refractivity contribution in [1.29, 1.82) is 0 Å². The van der Waals surface area contributed by atoms with Crippen LogP contribution in [0.4, 0.5) is 22.0 Å². The summed E-state index contributed by atoms with van der Waals surface area (Å²) in [5, 5.41) is 0. The third kappa shape index (κ3) is 3.76. The summed E-state index contributed by atoms with van der Waals surface area (Å²) >= 11 is 0. The molecule has 0 radical (unpaired) electrons. The highest BCUT2D eigenvalue weighted by atomic mass is 19.4. The Hall–Kier alpha value is -1.97. The number of alkyl halides is 5. The second-order valence-electron chi connectivity index (χ2n) is 3.42. The number of carbonyl (C=O) groups is 1. The predicted molar refractivity (Wildman–Crippen MR) is 55.1 cm³/mol. The number of hydrogen-bond donors (Lipinski definition) is 1. The number of halogens is 5. The zero-order valence-electron chi connectivity index (χ0n) is 10.0. The van der Waals surface area contributed by atoms with Gasteiger partial charge in [0.25, 0.3) is 6.43 Å². The molecule has 20 heavy (non-hydrogen) atoms. The van der Waals surface area contributed by atoms with E-state index < -0.39 is 48.0 Å². The molecule has 0 unspecified atom stereocenters. The van der Waals surface area contributed by atoms with Crippen LogP contribution in [0, 0.1) is 0 Å². The average molecular weight is 300 g/mol. The molecule has 0 aliphatic carbocycles. The van der Waals surface area contributed by atoms with E-state index in [0.717, 1.165) is 7.11 Å². The number of nitrogens with zero attached hydrogens (tertiary/aromatic N) is 1. The maximum atomic E-state index is 12.6. The maximum absolute atomic E-state index is 12.6. The highest BCUT2D eigenvalue weighted by Gasteiger charge is 2.34. The average Bonchev–Trinajstić information content (AvgIpc) is 2.34. The van der Waals surface area contributed by atoms with Gasteiger partial charge in [0.2, 0.25) is 0 Å². The largest absolute Gasteiger partial charge is 0.573 e. The van der Waals surface area contributed by atoms with Crippen LogP contribution in [0.3, 0.4) is 0 Å². The Kier molecular flexibility index (Phi) is 4.82. The quantitative estimate of drug-likeness (QED) is 0.681. The molecule has 0 aliphatic rings. The van der Waals surface area contributed by atoms with Gasteiger partial charge >= 0.3 is 12.3 Å². The molecule has 2 N–H and O–H groups in total. The molecule has 112 valence electrons. The first-order valence-corrected chi connectivity index (χ1v) is 5.05. The number of pyridine rings is 1. The van der Waals surface area contributed by atoms with Crippen LogP contribution in [0.5, 0.6) is 5.75 Å². The minimum Gasteiger partial charge on any atom is -0.464 e. The van der Waals surface area contributed by atoms with Gasteiger partial charge in [-0.2, -0.15) is 0 Å². The van der Waals surface area contributed by atoms with Crippen LogP contribution in [-0.4, -0.2) is 24.4 Å². The number of esters is 1. The summed E-state index contributed by atoms with van der Waals surface area (Å²) < 4.78 is 69.7. The zero-order valence-corrected chi connectivity index (χ0v) is 10.0. The summed E-state index contributed by atoms with van der Waals surface area (Å²) in [7, 11) is 0.920. The Morgan fingerprint density at radius 1 is 1.45 bits per heavy atom. The summed E-state index contributed by atoms with van der Waals surface area (Å²) in [6.45, 7) is -0.577. The van der Waals surface area contributed by atoms with E-state index in [-0.39, 0.29) is 0 Å². The van der Waals surface area contributed by atoms with Gasteiger partial charge in [-0.3, -0.25) is 0 Å². The normalized spacial score (nSPS) is 11.6. The van der Waals surface area contributed by atoms with Crippen molar-refractivity contribution in [1.82, 2.24) is 4.98 Å². The molecule has 5 nitrogen and oxygen atoms in total. The molecular weight excluding hydrogens is 291 g/mol. The monoisotopic (exact) mass is 300 g/mol. The lowest BCUT2D eigenvalue weighted by atomic mass is 10.1. The number of hydrogen-bond acceptors (Lipinski definition) is 5. The molecule has 0 saturated carbocycles. The lowest BCUT2D eigenvalue weighted by Gasteiger charge is -2.15. The minimum absolute atomic E-state index is 0.382. The summed E-state index contributed by atoms with van der Waals surface area (Å²) in [6.07, 6.45) is -8.32. The van der Waals surface area contributed by atoms with Crippen molar-refractivity contribution in [3.8, 4) is 5.75 Å². The molecule has 1 rings (SSSR count). The first-order valence-electron chi connectivity index (χ1n) is 5.05. The molecule has 0 amide bonds. The van der Waals surface area contributed by atoms with Gasteiger partial charge in [-0.15, -0.1) is 13.2 Å². The summed E-state index contributed by atoms with van der Waals surface area (Å²) in [5.41, 5.74) is 2.94. The van der Waals surface area contributed by atoms with Gasteiger partial charge in [0.15, 0.2) is 5.69 Å². The standard InChI is InChI=1S/C10H9F5N2O3/c1-19-9(18)7-4(3-16)6(20-10(13,14)15)2-5(17-7)8(11)12/h2,8H,3,16H2,1H3. The van der Waals surface area contributed by atoms with E-state index in [9.17, 15) is 26.7 Å². The van der Waals surface area contributed by atoms with E-state index in [1.807, 2.05) is 0 Å². The Morgan fingerprint density at radius 2 is 2.05 bits per heavy atom. The van der Waals surface area contributed by atoms with Crippen LogP contribution in [0.2, 0.25) is 0 Å². The molecule has 0 bridgehead atoms. The molecule has 1 aromatic heterocycles. The van der Waals surface area contributed by atoms with Crippen molar-refractivity contribution in [3.63, 3.8) is 0 Å². The van der Waals surface area contributed by atoms with Crippen LogP contribution in [0.1, 0.15) is 28.2 Å². The topological polar surface area (TPSA) is 74.4 Å². The molecule has 0 spiro atoms. The Labute approximate surface area is 109 Å². The smallest absolute Gasteiger partial charge is 0.464 e. The lowest BCUT2D eigenvalue weighted by molar-refractivity contribution is -0.275. The van der Waals surface area contributed by atoms with Gasteiger partial charge in [0.05, 0.1) is 7.11 Å². The van der Waals surface area contributed by atoms with Crippen molar-refractivity contribution in [2.45, 2.75) is 19.3 Å². The molecule has 0 aromatic carbocycles. The van der Waals surface area contributed by atoms with E-state index in [2.05, 4.69) is 14.5 Å². The Bertz CT molecular complexity index is 504. The van der Waals surface area contributed by atoms with Crippen molar-refractivity contribution in [2.75, 3.05) is 7.11 Å². The van der Waals surface area contributed by atoms with Gasteiger partial charge in [-0.1, -0.05) is 0 Å². The summed E-state index contributed by atoms with van der Waals surface area (Å²) in [6, 6.07) is 0.382. The number of carbonyl (C=O) groups excluding carboxylic acids is 1. The third-order valence-corrected chi connectivity index (χ3v) is 2.14. The van der Waals surface area contributed by atoms with E-state index >= 15 is 0 Å². The van der Waals surface area contributed by atoms with Crippen LogP contribution < -0.4 is 10.5 Å². The SMILES string of the molecule is COC(=O)c1nc(C(F)F)cc(OC(F)(F)F)c1CN. The van der Waals surface area contributed by atoms with Gasteiger partial charge < -0.3 is 15.2 Å². The van der Waals surface area contributed by atoms with Crippen molar-refractivity contribution >= 4 is 5.97 Å². The Morgan fingerprint density at radius 3 is 2.45 bits per heavy atom. The lowest BCUT2D eigenvalue weighted by Crippen LogP contribution is -2.21. The first-order chi connectivity index (χ1) is 9.19. The third-order valence-electron chi connectivity index (χ3n) is 2.14. The first kappa shape index (κ1) is 16.1. The van der Waals surface area contributed by atoms with Crippen molar-refractivity contribution in [2.24, 2.45) is 5.73 Å². The molecule has 1 heterocycles. The number of methoxy groups -OCH3 is 1. The highest BCUT2D eigenvalue weighted by Crippen LogP contribution is 2.31. The summed E-state index contributed by atoms with van der Waals surface area (Å²) in [5.74, 6) is -2.20. The van der Waals surface area contributed by atoms with Crippen molar-refractivity contribution < 1.29 is 36.2 Å². The predicted octanol–water partition coefficient (Wildman–Crippen LogP) is 2.16. The van der Waals surface area contributed by atoms with Crippen molar-refractivity contribution in [3.05, 3.63) is 23.0 Å². The highest BCUT2D eigenvalue weighted by molar-refractivity contribution is 5.89. The zero-order chi connectivity index (χ0) is 15.5. The van der Waals surface area contributed by atoms with E-state index in [1.54, 1.807) is 0 Å². The van der Waals surface area contributed by atoms with E-state index in [1.165, 1.54) is 0 Å². The molecule has 10 heteroatoms. The van der Waals surface area contributed by atoms with Gasteiger partial charge in [0, 0.05) is 18.2 Å². The molecule has 1 aromatic rings. The second kappa shape index (κ2) is 5.99. The molecule has 0 aliphatic heterocycles.